The molecule has 0 fully saturated rings. The Labute approximate surface area is 203 Å². The Kier molecular flexibility index (Phi) is 7.27. The van der Waals surface area contributed by atoms with Crippen molar-refractivity contribution in [3.05, 3.63) is 101 Å². The summed E-state index contributed by atoms with van der Waals surface area (Å²) in [5.74, 6) is 3.52. The zero-order valence-corrected chi connectivity index (χ0v) is 18.7. The zero-order chi connectivity index (χ0) is 25.7. The number of H-pyrrole nitrogens is 1. The first-order valence-electron chi connectivity index (χ1n) is 10.9. The van der Waals surface area contributed by atoms with Gasteiger partial charge in [0.15, 0.2) is 0 Å². The summed E-state index contributed by atoms with van der Waals surface area (Å²) in [6.45, 7) is -0.440. The van der Waals surface area contributed by atoms with E-state index in [0.29, 0.717) is 5.56 Å². The molecule has 36 heavy (non-hydrogen) atoms. The molecule has 5 nitrogen and oxygen atoms in total. The van der Waals surface area contributed by atoms with Crippen LogP contribution in [0.3, 0.4) is 0 Å². The van der Waals surface area contributed by atoms with E-state index in [1.165, 1.54) is 36.4 Å². The van der Waals surface area contributed by atoms with Gasteiger partial charge in [-0.25, -0.2) is 4.39 Å². The molecular formula is C27H20F4N2O3. The van der Waals surface area contributed by atoms with Crippen LogP contribution in [0.1, 0.15) is 27.0 Å². The van der Waals surface area contributed by atoms with E-state index in [4.69, 9.17) is 0 Å². The van der Waals surface area contributed by atoms with Gasteiger partial charge in [-0.2, -0.15) is 0 Å². The number of fused-ring (bicyclic) bond motifs is 1. The number of rotatable bonds is 6. The first-order chi connectivity index (χ1) is 17.2. The normalized spacial score (nSPS) is 12.0. The maximum atomic E-state index is 13.1. The van der Waals surface area contributed by atoms with Gasteiger partial charge in [-0.15, -0.1) is 13.2 Å². The fraction of sp³-hybridized carbons (Fsp3) is 0.148. The van der Waals surface area contributed by atoms with Gasteiger partial charge in [0, 0.05) is 28.2 Å². The molecule has 4 aromatic rings. The van der Waals surface area contributed by atoms with Gasteiger partial charge in [-0.05, 0) is 60.5 Å². The Balaban J connectivity index is 1.59. The predicted molar refractivity (Wildman–Crippen MR) is 126 cm³/mol. The van der Waals surface area contributed by atoms with Crippen molar-refractivity contribution in [3.8, 4) is 17.6 Å². The first kappa shape index (κ1) is 24.8. The van der Waals surface area contributed by atoms with Crippen molar-refractivity contribution >= 4 is 16.8 Å². The lowest BCUT2D eigenvalue weighted by molar-refractivity contribution is -0.274. The molecule has 0 saturated carbocycles. The van der Waals surface area contributed by atoms with Crippen LogP contribution in [0.4, 0.5) is 17.6 Å². The maximum Gasteiger partial charge on any atom is 0.573 e. The highest BCUT2D eigenvalue weighted by atomic mass is 19.4. The van der Waals surface area contributed by atoms with Crippen LogP contribution < -0.4 is 10.1 Å². The minimum Gasteiger partial charge on any atom is -0.405 e. The number of alkyl halides is 3. The predicted octanol–water partition coefficient (Wildman–Crippen LogP) is 4.94. The van der Waals surface area contributed by atoms with Crippen LogP contribution in [-0.4, -0.2) is 35.0 Å². The topological polar surface area (TPSA) is 74.4 Å². The van der Waals surface area contributed by atoms with Gasteiger partial charge in [0.25, 0.3) is 5.91 Å². The molecule has 184 valence electrons. The molecule has 1 aromatic heterocycles. The number of benzene rings is 3. The van der Waals surface area contributed by atoms with Crippen LogP contribution in [0.5, 0.6) is 5.75 Å². The Morgan fingerprint density at radius 3 is 2.44 bits per heavy atom. The van der Waals surface area contributed by atoms with Gasteiger partial charge in [-0.1, -0.05) is 30.0 Å². The molecule has 0 aliphatic heterocycles. The average molecular weight is 496 g/mol. The highest BCUT2D eigenvalue weighted by molar-refractivity contribution is 5.97. The summed E-state index contributed by atoms with van der Waals surface area (Å²) in [7, 11) is 0. The molecule has 0 spiro atoms. The Hall–Kier alpha value is -4.29. The quantitative estimate of drug-likeness (QED) is 0.262. The van der Waals surface area contributed by atoms with Crippen molar-refractivity contribution in [2.75, 3.05) is 6.61 Å². The summed E-state index contributed by atoms with van der Waals surface area (Å²) >= 11 is 0. The second-order valence-corrected chi connectivity index (χ2v) is 7.93. The number of para-hydroxylation sites is 1. The first-order valence-corrected chi connectivity index (χ1v) is 10.9. The number of hydrogen-bond donors (Lipinski definition) is 3. The lowest BCUT2D eigenvalue weighted by atomic mass is 10.0. The standard InChI is InChI=1S/C27H20F4N2O3/c28-20-10-7-17(8-11-20)5-6-18-9-12-25(36-27(29,30)31)23(13-18)26(35)33-21(16-34)14-19-15-32-24-4-2-1-3-22(19)24/h1-4,7-13,15,21,32,34H,14,16H2,(H,33,35). The second-order valence-electron chi connectivity index (χ2n) is 7.93. The summed E-state index contributed by atoms with van der Waals surface area (Å²) in [5, 5.41) is 13.3. The molecule has 4 rings (SSSR count). The number of aromatic nitrogens is 1. The molecular weight excluding hydrogens is 476 g/mol. The largest absolute Gasteiger partial charge is 0.573 e. The van der Waals surface area contributed by atoms with Crippen molar-refractivity contribution < 1.29 is 32.2 Å². The molecule has 3 N–H and O–H groups in total. The van der Waals surface area contributed by atoms with Crippen molar-refractivity contribution in [3.63, 3.8) is 0 Å². The van der Waals surface area contributed by atoms with E-state index in [9.17, 15) is 27.5 Å². The SMILES string of the molecule is O=C(NC(CO)Cc1c[nH]c2ccccc12)c1cc(C#Cc2ccc(F)cc2)ccc1OC(F)(F)F. The highest BCUT2D eigenvalue weighted by Gasteiger charge is 2.33. The maximum absolute atomic E-state index is 13.1. The number of carbonyl (C=O) groups is 1. The van der Waals surface area contributed by atoms with Crippen LogP contribution >= 0.6 is 0 Å². The monoisotopic (exact) mass is 496 g/mol. The van der Waals surface area contributed by atoms with Crippen LogP contribution in [0.25, 0.3) is 10.9 Å². The lowest BCUT2D eigenvalue weighted by Crippen LogP contribution is -2.39. The van der Waals surface area contributed by atoms with E-state index >= 15 is 0 Å². The van der Waals surface area contributed by atoms with Gasteiger partial charge >= 0.3 is 6.36 Å². The van der Waals surface area contributed by atoms with Gasteiger partial charge in [0.1, 0.15) is 11.6 Å². The number of nitrogens with one attached hydrogen (secondary N) is 2. The summed E-state index contributed by atoms with van der Waals surface area (Å²) in [5.41, 5.74) is 2.04. The number of hydrogen-bond acceptors (Lipinski definition) is 3. The van der Waals surface area contributed by atoms with Crippen molar-refractivity contribution in [1.82, 2.24) is 10.3 Å². The van der Waals surface area contributed by atoms with E-state index in [-0.39, 0.29) is 12.0 Å². The number of aliphatic hydroxyl groups is 1. The molecule has 9 heteroatoms. The number of amides is 1. The molecule has 1 heterocycles. The minimum absolute atomic E-state index is 0.242. The summed E-state index contributed by atoms with van der Waals surface area (Å²) in [6.07, 6.45) is -3.02. The van der Waals surface area contributed by atoms with Crippen LogP contribution in [0.15, 0.2) is 72.9 Å². The third-order valence-electron chi connectivity index (χ3n) is 5.34. The van der Waals surface area contributed by atoms with Gasteiger partial charge in [0.05, 0.1) is 18.2 Å². The molecule has 0 aliphatic carbocycles. The molecule has 0 bridgehead atoms. The third-order valence-corrected chi connectivity index (χ3v) is 5.34. The second kappa shape index (κ2) is 10.5. The summed E-state index contributed by atoms with van der Waals surface area (Å²) < 4.78 is 56.0. The number of carbonyl (C=O) groups excluding carboxylic acids is 1. The third kappa shape index (κ3) is 6.23. The summed E-state index contributed by atoms with van der Waals surface area (Å²) in [6, 6.07) is 15.5. The number of aliphatic hydroxyl groups excluding tert-OH is 1. The van der Waals surface area contributed by atoms with Crippen LogP contribution in [0.2, 0.25) is 0 Å². The zero-order valence-electron chi connectivity index (χ0n) is 18.7. The van der Waals surface area contributed by atoms with E-state index in [1.54, 1.807) is 6.20 Å². The number of halogens is 4. The molecule has 1 amide bonds. The Morgan fingerprint density at radius 2 is 1.72 bits per heavy atom. The molecule has 0 radical (unpaired) electrons. The molecule has 0 saturated heterocycles. The van der Waals surface area contributed by atoms with Gasteiger partial charge < -0.3 is 20.1 Å². The van der Waals surface area contributed by atoms with Crippen molar-refractivity contribution in [1.29, 1.82) is 0 Å². The van der Waals surface area contributed by atoms with Crippen LogP contribution in [-0.2, 0) is 6.42 Å². The fourth-order valence-electron chi connectivity index (χ4n) is 3.67. The molecule has 1 unspecified atom stereocenters. The van der Waals surface area contributed by atoms with Gasteiger partial charge in [0.2, 0.25) is 0 Å². The van der Waals surface area contributed by atoms with E-state index in [2.05, 4.69) is 26.9 Å². The van der Waals surface area contributed by atoms with E-state index < -0.39 is 42.0 Å². The fourth-order valence-corrected chi connectivity index (χ4v) is 3.67. The average Bonchev–Trinajstić information content (AvgIpc) is 3.25. The Morgan fingerprint density at radius 1 is 1.03 bits per heavy atom. The van der Waals surface area contributed by atoms with E-state index in [0.717, 1.165) is 22.5 Å². The minimum atomic E-state index is -5.02. The summed E-state index contributed by atoms with van der Waals surface area (Å²) in [4.78, 5) is 16.1. The number of aromatic amines is 1. The van der Waals surface area contributed by atoms with Gasteiger partial charge in [-0.3, -0.25) is 4.79 Å². The van der Waals surface area contributed by atoms with Crippen molar-refractivity contribution in [2.24, 2.45) is 0 Å². The Bertz CT molecular complexity index is 1430. The molecule has 1 atom stereocenters. The van der Waals surface area contributed by atoms with E-state index in [1.807, 2.05) is 24.3 Å². The molecule has 0 aliphatic rings. The van der Waals surface area contributed by atoms with Crippen LogP contribution in [0, 0.1) is 17.7 Å². The molecule has 3 aromatic carbocycles. The highest BCUT2D eigenvalue weighted by Crippen LogP contribution is 2.28. The smallest absolute Gasteiger partial charge is 0.405 e. The lowest BCUT2D eigenvalue weighted by Gasteiger charge is -2.18. The number of ether oxygens (including phenoxy) is 1. The van der Waals surface area contributed by atoms with Crippen molar-refractivity contribution in [2.45, 2.75) is 18.8 Å².